The van der Waals surface area contributed by atoms with E-state index in [-0.39, 0.29) is 11.6 Å². The van der Waals surface area contributed by atoms with E-state index in [1.54, 1.807) is 73.7 Å². The van der Waals surface area contributed by atoms with Crippen molar-refractivity contribution in [3.05, 3.63) is 129 Å². The highest BCUT2D eigenvalue weighted by molar-refractivity contribution is 8.00. The molecule has 1 unspecified atom stereocenters. The van der Waals surface area contributed by atoms with Gasteiger partial charge in [-0.1, -0.05) is 77.3 Å². The van der Waals surface area contributed by atoms with Crippen LogP contribution in [-0.2, 0) is 9.59 Å². The molecular formula is C32H27Cl2N3O3S. The number of nitrogens with one attached hydrogen (secondary N) is 3. The van der Waals surface area contributed by atoms with Crippen LogP contribution in [0.1, 0.15) is 28.4 Å². The fraction of sp³-hybridized carbons (Fsp3) is 0.0938. The lowest BCUT2D eigenvalue weighted by atomic mass is 10.1. The number of aryl methyl sites for hydroxylation is 1. The normalized spacial score (nSPS) is 11.9. The second kappa shape index (κ2) is 14.0. The third-order valence-corrected chi connectivity index (χ3v) is 7.50. The van der Waals surface area contributed by atoms with E-state index in [1.165, 1.54) is 11.8 Å². The van der Waals surface area contributed by atoms with Crippen LogP contribution in [0.25, 0.3) is 6.08 Å². The molecule has 208 valence electrons. The van der Waals surface area contributed by atoms with Crippen molar-refractivity contribution in [3.8, 4) is 0 Å². The summed E-state index contributed by atoms with van der Waals surface area (Å²) in [6.45, 7) is 3.72. The molecule has 0 saturated carbocycles. The van der Waals surface area contributed by atoms with Crippen LogP contribution in [-0.4, -0.2) is 23.0 Å². The third-order valence-electron chi connectivity index (χ3n) is 5.84. The lowest BCUT2D eigenvalue weighted by Crippen LogP contribution is -2.30. The number of rotatable bonds is 9. The van der Waals surface area contributed by atoms with E-state index in [1.807, 2.05) is 43.3 Å². The van der Waals surface area contributed by atoms with Gasteiger partial charge in [0.1, 0.15) is 5.70 Å². The predicted octanol–water partition coefficient (Wildman–Crippen LogP) is 7.83. The standard InChI is InChI=1S/C32H27Cl2N3O3S/c1-20-8-6-9-22(16-20)17-29(37-31(39)23-10-4-3-5-11-23)32(40)35-25-12-7-13-26(19-25)41-21(2)30(38)36-28-18-24(33)14-15-27(28)34/h3-19,21H,1-2H3,(H,35,40)(H,36,38)(H,37,39)/b29-17+. The fourth-order valence-electron chi connectivity index (χ4n) is 3.80. The molecule has 0 aliphatic heterocycles. The number of hydrogen-bond donors (Lipinski definition) is 3. The molecule has 0 bridgehead atoms. The molecule has 0 aliphatic rings. The predicted molar refractivity (Wildman–Crippen MR) is 169 cm³/mol. The Morgan fingerprint density at radius 2 is 1.59 bits per heavy atom. The van der Waals surface area contributed by atoms with Crippen LogP contribution in [0.5, 0.6) is 0 Å². The van der Waals surface area contributed by atoms with Crippen molar-refractivity contribution in [1.82, 2.24) is 5.32 Å². The van der Waals surface area contributed by atoms with Gasteiger partial charge in [0.25, 0.3) is 11.8 Å². The number of anilines is 2. The van der Waals surface area contributed by atoms with Gasteiger partial charge in [0.05, 0.1) is 16.0 Å². The van der Waals surface area contributed by atoms with Crippen LogP contribution in [0.2, 0.25) is 10.0 Å². The first kappa shape index (κ1) is 29.9. The first-order valence-electron chi connectivity index (χ1n) is 12.7. The number of amides is 3. The Kier molecular flexibility index (Phi) is 10.2. The Hall–Kier alpha value is -4.04. The highest BCUT2D eigenvalue weighted by Gasteiger charge is 2.18. The summed E-state index contributed by atoms with van der Waals surface area (Å²) in [7, 11) is 0. The summed E-state index contributed by atoms with van der Waals surface area (Å²) in [6.07, 6.45) is 1.63. The Bertz CT molecular complexity index is 1610. The number of thioether (sulfide) groups is 1. The molecule has 6 nitrogen and oxygen atoms in total. The first-order chi connectivity index (χ1) is 19.7. The summed E-state index contributed by atoms with van der Waals surface area (Å²) in [5.74, 6) is -1.14. The molecule has 0 saturated heterocycles. The van der Waals surface area contributed by atoms with E-state index in [2.05, 4.69) is 16.0 Å². The second-order valence-corrected chi connectivity index (χ2v) is 11.4. The molecule has 0 spiro atoms. The van der Waals surface area contributed by atoms with E-state index in [0.717, 1.165) is 16.0 Å². The molecule has 0 aromatic heterocycles. The molecule has 0 aliphatic carbocycles. The first-order valence-corrected chi connectivity index (χ1v) is 14.3. The van der Waals surface area contributed by atoms with Crippen LogP contribution >= 0.6 is 35.0 Å². The van der Waals surface area contributed by atoms with E-state index < -0.39 is 17.1 Å². The van der Waals surface area contributed by atoms with Crippen molar-refractivity contribution in [1.29, 1.82) is 0 Å². The van der Waals surface area contributed by atoms with Gasteiger partial charge in [0, 0.05) is 21.2 Å². The van der Waals surface area contributed by atoms with Crippen molar-refractivity contribution < 1.29 is 14.4 Å². The van der Waals surface area contributed by atoms with Gasteiger partial charge in [-0.3, -0.25) is 14.4 Å². The zero-order valence-corrected chi connectivity index (χ0v) is 24.6. The van der Waals surface area contributed by atoms with Gasteiger partial charge >= 0.3 is 0 Å². The molecular weight excluding hydrogens is 577 g/mol. The second-order valence-electron chi connectivity index (χ2n) is 9.15. The maximum Gasteiger partial charge on any atom is 0.272 e. The number of benzene rings is 4. The third kappa shape index (κ3) is 8.72. The van der Waals surface area contributed by atoms with E-state index in [0.29, 0.717) is 27.0 Å². The van der Waals surface area contributed by atoms with E-state index in [4.69, 9.17) is 23.2 Å². The summed E-state index contributed by atoms with van der Waals surface area (Å²) in [5.41, 5.74) is 3.26. The molecule has 3 amide bonds. The molecule has 0 heterocycles. The minimum atomic E-state index is -0.487. The van der Waals surface area contributed by atoms with Crippen molar-refractivity contribution in [2.24, 2.45) is 0 Å². The van der Waals surface area contributed by atoms with Crippen LogP contribution in [0.3, 0.4) is 0 Å². The monoisotopic (exact) mass is 603 g/mol. The summed E-state index contributed by atoms with van der Waals surface area (Å²) in [4.78, 5) is 39.8. The van der Waals surface area contributed by atoms with Gasteiger partial charge in [-0.05, 0) is 74.0 Å². The van der Waals surface area contributed by atoms with Crippen molar-refractivity contribution in [2.45, 2.75) is 24.0 Å². The topological polar surface area (TPSA) is 87.3 Å². The summed E-state index contributed by atoms with van der Waals surface area (Å²) >= 11 is 13.5. The SMILES string of the molecule is Cc1cccc(/C=C(/NC(=O)c2ccccc2)C(=O)Nc2cccc(SC(C)C(=O)Nc3cc(Cl)ccc3Cl)c2)c1. The van der Waals surface area contributed by atoms with E-state index >= 15 is 0 Å². The van der Waals surface area contributed by atoms with Gasteiger partial charge in [0.15, 0.2) is 0 Å². The lowest BCUT2D eigenvalue weighted by molar-refractivity contribution is -0.115. The van der Waals surface area contributed by atoms with E-state index in [9.17, 15) is 14.4 Å². The van der Waals surface area contributed by atoms with Crippen molar-refractivity contribution in [2.75, 3.05) is 10.6 Å². The van der Waals surface area contributed by atoms with Crippen LogP contribution in [0.4, 0.5) is 11.4 Å². The molecule has 1 atom stereocenters. The van der Waals surface area contributed by atoms with Crippen molar-refractivity contribution >= 4 is 70.1 Å². The maximum atomic E-state index is 13.4. The van der Waals surface area contributed by atoms with Crippen LogP contribution < -0.4 is 16.0 Å². The summed E-state index contributed by atoms with van der Waals surface area (Å²) < 4.78 is 0. The van der Waals surface area contributed by atoms with Gasteiger partial charge in [0.2, 0.25) is 5.91 Å². The molecule has 0 radical (unpaired) electrons. The smallest absolute Gasteiger partial charge is 0.272 e. The Balaban J connectivity index is 1.48. The molecule has 4 aromatic rings. The minimum absolute atomic E-state index is 0.0913. The highest BCUT2D eigenvalue weighted by Crippen LogP contribution is 2.29. The Morgan fingerprint density at radius 3 is 2.34 bits per heavy atom. The number of halogens is 2. The lowest BCUT2D eigenvalue weighted by Gasteiger charge is -2.15. The van der Waals surface area contributed by atoms with Crippen LogP contribution in [0, 0.1) is 6.92 Å². The number of hydrogen-bond acceptors (Lipinski definition) is 4. The van der Waals surface area contributed by atoms with Gasteiger partial charge in [-0.15, -0.1) is 11.8 Å². The molecule has 0 fully saturated rings. The summed E-state index contributed by atoms with van der Waals surface area (Å²) in [5, 5.41) is 8.78. The quantitative estimate of drug-likeness (QED) is 0.134. The molecule has 9 heteroatoms. The Morgan fingerprint density at radius 1 is 0.829 bits per heavy atom. The zero-order chi connectivity index (χ0) is 29.4. The molecule has 41 heavy (non-hydrogen) atoms. The van der Waals surface area contributed by atoms with Crippen molar-refractivity contribution in [3.63, 3.8) is 0 Å². The number of carbonyl (C=O) groups is 3. The molecule has 4 rings (SSSR count). The van der Waals surface area contributed by atoms with Gasteiger partial charge in [-0.2, -0.15) is 0 Å². The van der Waals surface area contributed by atoms with Crippen LogP contribution in [0.15, 0.2) is 108 Å². The molecule has 3 N–H and O–H groups in total. The minimum Gasteiger partial charge on any atom is -0.324 e. The van der Waals surface area contributed by atoms with Gasteiger partial charge in [-0.25, -0.2) is 0 Å². The zero-order valence-electron chi connectivity index (χ0n) is 22.3. The average Bonchev–Trinajstić information content (AvgIpc) is 2.95. The average molecular weight is 605 g/mol. The number of carbonyl (C=O) groups excluding carboxylic acids is 3. The maximum absolute atomic E-state index is 13.4. The summed E-state index contributed by atoms with van der Waals surface area (Å²) in [6, 6.07) is 28.3. The largest absolute Gasteiger partial charge is 0.324 e. The highest BCUT2D eigenvalue weighted by atomic mass is 35.5. The Labute approximate surface area is 253 Å². The molecule has 4 aromatic carbocycles. The fourth-order valence-corrected chi connectivity index (χ4v) is 5.06. The van der Waals surface area contributed by atoms with Gasteiger partial charge < -0.3 is 16.0 Å².